The maximum Gasteiger partial charge on any atom is 0.272 e. The van der Waals surface area contributed by atoms with Crippen LogP contribution < -0.4 is 5.32 Å². The van der Waals surface area contributed by atoms with Gasteiger partial charge in [0.25, 0.3) is 5.69 Å². The third-order valence-electron chi connectivity index (χ3n) is 2.90. The quantitative estimate of drug-likeness (QED) is 0.662. The third-order valence-corrected chi connectivity index (χ3v) is 4.64. The molecule has 0 saturated carbocycles. The highest BCUT2D eigenvalue weighted by molar-refractivity contribution is 9.11. The lowest BCUT2D eigenvalue weighted by molar-refractivity contribution is -0.385. The van der Waals surface area contributed by atoms with Crippen molar-refractivity contribution in [3.8, 4) is 0 Å². The van der Waals surface area contributed by atoms with Crippen molar-refractivity contribution in [1.29, 1.82) is 0 Å². The van der Waals surface area contributed by atoms with Crippen LogP contribution in [0.3, 0.4) is 0 Å². The Balaban J connectivity index is 2.26. The van der Waals surface area contributed by atoms with Crippen molar-refractivity contribution in [3.63, 3.8) is 0 Å². The second kappa shape index (κ2) is 6.27. The number of hydrogen-bond donors (Lipinski definition) is 1. The number of para-hydroxylation sites is 1. The normalized spacial score (nSPS) is 12.3. The molecule has 1 unspecified atom stereocenters. The van der Waals surface area contributed by atoms with Gasteiger partial charge >= 0.3 is 0 Å². The first-order valence-electron chi connectivity index (χ1n) is 5.76. The smallest absolute Gasteiger partial charge is 0.272 e. The molecule has 0 bridgehead atoms. The van der Waals surface area contributed by atoms with Gasteiger partial charge in [0.2, 0.25) is 0 Å². The molecule has 0 radical (unpaired) electrons. The second-order valence-electron chi connectivity index (χ2n) is 4.07. The summed E-state index contributed by atoms with van der Waals surface area (Å²) in [5.74, 6) is 0. The van der Waals surface area contributed by atoms with Crippen molar-refractivity contribution in [1.82, 2.24) is 5.32 Å². The summed E-state index contributed by atoms with van der Waals surface area (Å²) in [6.45, 7) is 0. The number of hydrogen-bond acceptors (Lipinski definition) is 4. The van der Waals surface area contributed by atoms with Gasteiger partial charge in [-0.2, -0.15) is 0 Å². The van der Waals surface area contributed by atoms with Crippen molar-refractivity contribution in [3.05, 3.63) is 60.7 Å². The van der Waals surface area contributed by atoms with Gasteiger partial charge < -0.3 is 5.32 Å². The van der Waals surface area contributed by atoms with Crippen molar-refractivity contribution in [2.24, 2.45) is 0 Å². The average molecular weight is 341 g/mol. The molecule has 0 spiro atoms. The summed E-state index contributed by atoms with van der Waals surface area (Å²) in [4.78, 5) is 11.8. The van der Waals surface area contributed by atoms with Crippen molar-refractivity contribution in [2.75, 3.05) is 7.05 Å². The number of nitro groups is 1. The van der Waals surface area contributed by atoms with E-state index in [9.17, 15) is 10.1 Å². The average Bonchev–Trinajstić information content (AvgIpc) is 2.82. The second-order valence-corrected chi connectivity index (χ2v) is 6.57. The molecule has 4 nitrogen and oxygen atoms in total. The van der Waals surface area contributed by atoms with Gasteiger partial charge in [0.05, 0.1) is 8.71 Å². The molecule has 1 N–H and O–H groups in total. The lowest BCUT2D eigenvalue weighted by atomic mass is 10.0. The molecule has 6 heteroatoms. The third kappa shape index (κ3) is 3.40. The minimum absolute atomic E-state index is 0.0809. The number of nitrogens with one attached hydrogen (secondary N) is 1. The molecule has 0 fully saturated rings. The Kier molecular flexibility index (Phi) is 4.68. The van der Waals surface area contributed by atoms with E-state index in [-0.39, 0.29) is 16.7 Å². The predicted octanol–water partition coefficient (Wildman–Crippen LogP) is 3.92. The molecule has 0 amide bonds. The minimum atomic E-state index is -0.327. The Morgan fingerprint density at radius 3 is 2.68 bits per heavy atom. The molecule has 1 aromatic carbocycles. The van der Waals surface area contributed by atoms with E-state index in [4.69, 9.17) is 0 Å². The Labute approximate surface area is 123 Å². The van der Waals surface area contributed by atoms with Crippen LogP contribution in [0.5, 0.6) is 0 Å². The SMILES string of the molecule is CNC(Cc1ccccc1[N+](=O)[O-])c1ccc(Br)s1. The summed E-state index contributed by atoms with van der Waals surface area (Å²) in [7, 11) is 1.87. The zero-order valence-corrected chi connectivity index (χ0v) is 12.7. The van der Waals surface area contributed by atoms with E-state index < -0.39 is 0 Å². The van der Waals surface area contributed by atoms with E-state index in [2.05, 4.69) is 21.2 Å². The van der Waals surface area contributed by atoms with Gasteiger partial charge in [0, 0.05) is 22.5 Å². The fraction of sp³-hybridized carbons (Fsp3) is 0.231. The van der Waals surface area contributed by atoms with Crippen LogP contribution in [0.15, 0.2) is 40.2 Å². The highest BCUT2D eigenvalue weighted by atomic mass is 79.9. The molecule has 1 heterocycles. The molecule has 1 atom stereocenters. The molecular weight excluding hydrogens is 328 g/mol. The Morgan fingerprint density at radius 2 is 2.11 bits per heavy atom. The summed E-state index contributed by atoms with van der Waals surface area (Å²) in [6.07, 6.45) is 0.598. The summed E-state index contributed by atoms with van der Waals surface area (Å²) in [5, 5.41) is 14.2. The molecule has 0 aliphatic rings. The molecule has 2 aromatic rings. The number of thiophene rings is 1. The van der Waals surface area contributed by atoms with Crippen LogP contribution >= 0.6 is 27.3 Å². The fourth-order valence-electron chi connectivity index (χ4n) is 1.94. The molecule has 2 rings (SSSR count). The van der Waals surface area contributed by atoms with Gasteiger partial charge in [-0.3, -0.25) is 10.1 Å². The highest BCUT2D eigenvalue weighted by Gasteiger charge is 2.18. The summed E-state index contributed by atoms with van der Waals surface area (Å²) in [6, 6.07) is 11.0. The van der Waals surface area contributed by atoms with Gasteiger partial charge in [-0.15, -0.1) is 11.3 Å². The molecule has 1 aromatic heterocycles. The minimum Gasteiger partial charge on any atom is -0.312 e. The zero-order chi connectivity index (χ0) is 13.8. The number of nitro benzene ring substituents is 1. The van der Waals surface area contributed by atoms with Crippen LogP contribution in [0.4, 0.5) is 5.69 Å². The van der Waals surface area contributed by atoms with Gasteiger partial charge in [0.1, 0.15) is 0 Å². The fourth-order valence-corrected chi connectivity index (χ4v) is 3.48. The number of rotatable bonds is 5. The maximum absolute atomic E-state index is 11.0. The van der Waals surface area contributed by atoms with Crippen molar-refractivity contribution < 1.29 is 4.92 Å². The van der Waals surface area contributed by atoms with Gasteiger partial charge in [0.15, 0.2) is 0 Å². The summed E-state index contributed by atoms with van der Waals surface area (Å²) in [5.41, 5.74) is 0.926. The highest BCUT2D eigenvalue weighted by Crippen LogP contribution is 2.31. The lowest BCUT2D eigenvalue weighted by Crippen LogP contribution is -2.18. The van der Waals surface area contributed by atoms with E-state index in [0.717, 1.165) is 14.2 Å². The van der Waals surface area contributed by atoms with E-state index in [1.807, 2.05) is 31.3 Å². The number of halogens is 1. The predicted molar refractivity (Wildman–Crippen MR) is 80.6 cm³/mol. The van der Waals surface area contributed by atoms with Gasteiger partial charge in [-0.25, -0.2) is 0 Å². The van der Waals surface area contributed by atoms with Crippen LogP contribution in [-0.2, 0) is 6.42 Å². The Hall–Kier alpha value is -1.24. The molecule has 100 valence electrons. The topological polar surface area (TPSA) is 55.2 Å². The lowest BCUT2D eigenvalue weighted by Gasteiger charge is -2.14. The van der Waals surface area contributed by atoms with Crippen LogP contribution in [0.1, 0.15) is 16.5 Å². The number of likely N-dealkylation sites (N-methyl/N-ethyl adjacent to an activating group) is 1. The van der Waals surface area contributed by atoms with E-state index in [1.165, 1.54) is 0 Å². The van der Waals surface area contributed by atoms with Crippen LogP contribution in [0.25, 0.3) is 0 Å². The van der Waals surface area contributed by atoms with Crippen molar-refractivity contribution >= 4 is 33.0 Å². The first kappa shape index (κ1) is 14.2. The summed E-state index contributed by atoms with van der Waals surface area (Å²) >= 11 is 5.07. The monoisotopic (exact) mass is 340 g/mol. The van der Waals surface area contributed by atoms with Crippen LogP contribution in [0.2, 0.25) is 0 Å². The largest absolute Gasteiger partial charge is 0.312 e. The van der Waals surface area contributed by atoms with Gasteiger partial charge in [-0.1, -0.05) is 18.2 Å². The van der Waals surface area contributed by atoms with E-state index in [1.54, 1.807) is 23.5 Å². The molecule has 19 heavy (non-hydrogen) atoms. The Morgan fingerprint density at radius 1 is 1.37 bits per heavy atom. The molecular formula is C13H13BrN2O2S. The Bertz CT molecular complexity index is 586. The van der Waals surface area contributed by atoms with Gasteiger partial charge in [-0.05, 0) is 41.5 Å². The zero-order valence-electron chi connectivity index (χ0n) is 10.3. The van der Waals surface area contributed by atoms with Crippen molar-refractivity contribution in [2.45, 2.75) is 12.5 Å². The molecule has 0 saturated heterocycles. The van der Waals surface area contributed by atoms with E-state index >= 15 is 0 Å². The first-order valence-corrected chi connectivity index (χ1v) is 7.37. The maximum atomic E-state index is 11.0. The van der Waals surface area contributed by atoms with Crippen LogP contribution in [-0.4, -0.2) is 12.0 Å². The summed E-state index contributed by atoms with van der Waals surface area (Å²) < 4.78 is 1.06. The molecule has 0 aliphatic carbocycles. The van der Waals surface area contributed by atoms with Crippen LogP contribution in [0, 0.1) is 10.1 Å². The number of benzene rings is 1. The number of nitrogens with zero attached hydrogens (tertiary/aromatic N) is 1. The molecule has 0 aliphatic heterocycles. The van der Waals surface area contributed by atoms with E-state index in [0.29, 0.717) is 6.42 Å². The first-order chi connectivity index (χ1) is 9.11. The standard InChI is InChI=1S/C13H13BrN2O2S/c1-15-10(12-6-7-13(14)19-12)8-9-4-2-3-5-11(9)16(17)18/h2-7,10,15H,8H2,1H3.